The molecule has 0 aliphatic carbocycles. The maximum atomic E-state index is 12.8. The number of ether oxygens (including phenoxy) is 1. The Hall–Kier alpha value is -4.16. The Morgan fingerprint density at radius 2 is 1.48 bits per heavy atom. The molecule has 1 unspecified atom stereocenters. The first-order chi connectivity index (χ1) is 15.8. The number of aliphatic hydroxyl groups excluding tert-OH is 2. The number of nitro benzene ring substituents is 2. The molecule has 0 aromatic heterocycles. The predicted octanol–water partition coefficient (Wildman–Crippen LogP) is 1.93. The van der Waals surface area contributed by atoms with Crippen molar-refractivity contribution in [3.05, 3.63) is 85.5 Å². The zero-order chi connectivity index (χ0) is 24.1. The third-order valence-corrected chi connectivity index (χ3v) is 5.02. The molecule has 3 rings (SSSR count). The molecule has 0 spiro atoms. The lowest BCUT2D eigenvalue weighted by molar-refractivity contribution is -0.385. The SMILES string of the molecule is O=C1C(=O)N(CCOCCO)C(c2ccc([N+](=O)[O-])cc2)C1=C(O)c1ccc([N+](=O)[O-])cc1. The molecule has 1 aliphatic rings. The van der Waals surface area contributed by atoms with Crippen LogP contribution in [0.15, 0.2) is 54.1 Å². The number of nitrogens with zero attached hydrogens (tertiary/aromatic N) is 3. The molecule has 1 fully saturated rings. The minimum atomic E-state index is -1.07. The van der Waals surface area contributed by atoms with Gasteiger partial charge in [-0.3, -0.25) is 29.8 Å². The minimum Gasteiger partial charge on any atom is -0.507 e. The number of Topliss-reactive ketones (excluding diaryl/α,β-unsaturated/α-hetero) is 1. The maximum Gasteiger partial charge on any atom is 0.295 e. The number of amides is 1. The van der Waals surface area contributed by atoms with Gasteiger partial charge in [-0.05, 0) is 29.8 Å². The van der Waals surface area contributed by atoms with Crippen LogP contribution in [0.3, 0.4) is 0 Å². The molecular formula is C21H19N3O9. The van der Waals surface area contributed by atoms with Crippen LogP contribution in [0.25, 0.3) is 5.76 Å². The van der Waals surface area contributed by atoms with Gasteiger partial charge in [-0.2, -0.15) is 0 Å². The average Bonchev–Trinajstić information content (AvgIpc) is 3.06. The average molecular weight is 457 g/mol. The second-order valence-corrected chi connectivity index (χ2v) is 6.98. The number of nitro groups is 2. The summed E-state index contributed by atoms with van der Waals surface area (Å²) in [4.78, 5) is 47.4. The van der Waals surface area contributed by atoms with Gasteiger partial charge in [0.25, 0.3) is 23.1 Å². The van der Waals surface area contributed by atoms with Crippen molar-refractivity contribution in [2.45, 2.75) is 6.04 Å². The first kappa shape index (κ1) is 23.5. The number of ketones is 1. The summed E-state index contributed by atoms with van der Waals surface area (Å²) in [6, 6.07) is 8.89. The van der Waals surface area contributed by atoms with Gasteiger partial charge in [0.1, 0.15) is 5.76 Å². The topological polar surface area (TPSA) is 173 Å². The van der Waals surface area contributed by atoms with Crippen molar-refractivity contribution >= 4 is 28.8 Å². The van der Waals surface area contributed by atoms with Crippen LogP contribution in [0.4, 0.5) is 11.4 Å². The van der Waals surface area contributed by atoms with E-state index in [0.29, 0.717) is 5.56 Å². The van der Waals surface area contributed by atoms with Gasteiger partial charge in [-0.15, -0.1) is 0 Å². The van der Waals surface area contributed by atoms with E-state index in [4.69, 9.17) is 9.84 Å². The second-order valence-electron chi connectivity index (χ2n) is 6.98. The molecule has 1 heterocycles. The largest absolute Gasteiger partial charge is 0.507 e. The van der Waals surface area contributed by atoms with Crippen LogP contribution in [0.2, 0.25) is 0 Å². The zero-order valence-corrected chi connectivity index (χ0v) is 17.1. The third-order valence-electron chi connectivity index (χ3n) is 5.02. The molecule has 0 radical (unpaired) electrons. The van der Waals surface area contributed by atoms with Crippen LogP contribution in [0.5, 0.6) is 0 Å². The van der Waals surface area contributed by atoms with Crippen LogP contribution >= 0.6 is 0 Å². The maximum absolute atomic E-state index is 12.8. The van der Waals surface area contributed by atoms with E-state index < -0.39 is 33.3 Å². The van der Waals surface area contributed by atoms with E-state index in [2.05, 4.69) is 0 Å². The molecule has 12 nitrogen and oxygen atoms in total. The lowest BCUT2D eigenvalue weighted by Crippen LogP contribution is -2.33. The molecule has 0 bridgehead atoms. The summed E-state index contributed by atoms with van der Waals surface area (Å²) in [5.41, 5.74) is -0.255. The summed E-state index contributed by atoms with van der Waals surface area (Å²) < 4.78 is 5.19. The first-order valence-electron chi connectivity index (χ1n) is 9.72. The van der Waals surface area contributed by atoms with Crippen molar-refractivity contribution in [3.8, 4) is 0 Å². The molecule has 1 amide bonds. The smallest absolute Gasteiger partial charge is 0.295 e. The monoisotopic (exact) mass is 457 g/mol. The number of benzene rings is 2. The number of non-ortho nitro benzene ring substituents is 2. The van der Waals surface area contributed by atoms with Crippen LogP contribution in [-0.2, 0) is 14.3 Å². The lowest BCUT2D eigenvalue weighted by atomic mass is 9.95. The number of rotatable bonds is 9. The van der Waals surface area contributed by atoms with Crippen molar-refractivity contribution in [1.29, 1.82) is 0 Å². The van der Waals surface area contributed by atoms with Gasteiger partial charge in [-0.1, -0.05) is 0 Å². The van der Waals surface area contributed by atoms with E-state index in [1.807, 2.05) is 0 Å². The van der Waals surface area contributed by atoms with Crippen molar-refractivity contribution in [3.63, 3.8) is 0 Å². The molecule has 0 saturated carbocycles. The fourth-order valence-corrected chi connectivity index (χ4v) is 3.46. The summed E-state index contributed by atoms with van der Waals surface area (Å²) in [5.74, 6) is -2.42. The Balaban J connectivity index is 2.07. The van der Waals surface area contributed by atoms with E-state index in [0.717, 1.165) is 17.0 Å². The Morgan fingerprint density at radius 1 is 0.939 bits per heavy atom. The number of carbonyl (C=O) groups excluding carboxylic acids is 2. The van der Waals surface area contributed by atoms with E-state index in [1.165, 1.54) is 36.4 Å². The Labute approximate surface area is 186 Å². The van der Waals surface area contributed by atoms with Crippen molar-refractivity contribution < 1.29 is 34.4 Å². The Bertz CT molecular complexity index is 1110. The van der Waals surface area contributed by atoms with Gasteiger partial charge in [0, 0.05) is 36.4 Å². The van der Waals surface area contributed by atoms with Crippen molar-refractivity contribution in [2.75, 3.05) is 26.4 Å². The highest BCUT2D eigenvalue weighted by atomic mass is 16.6. The van der Waals surface area contributed by atoms with Crippen LogP contribution in [0, 0.1) is 20.2 Å². The highest BCUT2D eigenvalue weighted by Crippen LogP contribution is 2.39. The fourth-order valence-electron chi connectivity index (χ4n) is 3.46. The van der Waals surface area contributed by atoms with Crippen LogP contribution in [0.1, 0.15) is 17.2 Å². The van der Waals surface area contributed by atoms with Crippen LogP contribution < -0.4 is 0 Å². The first-order valence-corrected chi connectivity index (χ1v) is 9.72. The van der Waals surface area contributed by atoms with Gasteiger partial charge in [0.15, 0.2) is 0 Å². The summed E-state index contributed by atoms with van der Waals surface area (Å²) >= 11 is 0. The molecule has 2 aromatic rings. The summed E-state index contributed by atoms with van der Waals surface area (Å²) in [7, 11) is 0. The van der Waals surface area contributed by atoms with E-state index in [1.54, 1.807) is 0 Å². The van der Waals surface area contributed by atoms with Gasteiger partial charge in [0.05, 0.1) is 41.3 Å². The molecule has 33 heavy (non-hydrogen) atoms. The number of hydrogen-bond donors (Lipinski definition) is 2. The van der Waals surface area contributed by atoms with Crippen molar-refractivity contribution in [2.24, 2.45) is 0 Å². The van der Waals surface area contributed by atoms with E-state index >= 15 is 0 Å². The highest BCUT2D eigenvalue weighted by Gasteiger charge is 2.46. The molecule has 1 atom stereocenters. The van der Waals surface area contributed by atoms with Gasteiger partial charge < -0.3 is 19.8 Å². The second kappa shape index (κ2) is 9.97. The molecule has 1 saturated heterocycles. The van der Waals surface area contributed by atoms with Crippen molar-refractivity contribution in [1.82, 2.24) is 4.90 Å². The fraction of sp³-hybridized carbons (Fsp3) is 0.238. The zero-order valence-electron chi connectivity index (χ0n) is 17.1. The van der Waals surface area contributed by atoms with E-state index in [9.17, 15) is 34.9 Å². The van der Waals surface area contributed by atoms with Crippen LogP contribution in [-0.4, -0.2) is 63.0 Å². The molecule has 1 aliphatic heterocycles. The van der Waals surface area contributed by atoms with Gasteiger partial charge in [0.2, 0.25) is 0 Å². The number of carbonyl (C=O) groups is 2. The Kier molecular flexibility index (Phi) is 7.10. The molecule has 172 valence electrons. The number of aliphatic hydroxyl groups is 2. The number of hydrogen-bond acceptors (Lipinski definition) is 9. The molecule has 2 N–H and O–H groups in total. The normalized spacial score (nSPS) is 17.4. The molecular weight excluding hydrogens is 438 g/mol. The van der Waals surface area contributed by atoms with Gasteiger partial charge >= 0.3 is 0 Å². The third kappa shape index (κ3) is 4.86. The minimum absolute atomic E-state index is 0.00532. The Morgan fingerprint density at radius 3 is 2.00 bits per heavy atom. The highest BCUT2D eigenvalue weighted by molar-refractivity contribution is 6.46. The van der Waals surface area contributed by atoms with Gasteiger partial charge in [-0.25, -0.2) is 0 Å². The summed E-state index contributed by atoms with van der Waals surface area (Å²) in [5, 5.41) is 41.6. The molecule has 2 aromatic carbocycles. The summed E-state index contributed by atoms with van der Waals surface area (Å²) in [6.45, 7) is -0.266. The summed E-state index contributed by atoms with van der Waals surface area (Å²) in [6.07, 6.45) is 0. The standard InChI is InChI=1S/C21H19N3O9/c25-10-12-33-11-9-22-18(13-1-5-15(6-2-13)23(29)30)17(20(27)21(22)28)19(26)14-3-7-16(8-4-14)24(31)32/h1-8,18,25-26H,9-12H2. The number of likely N-dealkylation sites (tertiary alicyclic amines) is 1. The van der Waals surface area contributed by atoms with E-state index in [-0.39, 0.29) is 48.9 Å². The quantitative estimate of drug-likeness (QED) is 0.142. The lowest BCUT2D eigenvalue weighted by Gasteiger charge is -2.25. The predicted molar refractivity (Wildman–Crippen MR) is 113 cm³/mol. The molecule has 12 heteroatoms.